The first-order valence-corrected chi connectivity index (χ1v) is 11.2. The highest BCUT2D eigenvalue weighted by Gasteiger charge is 2.41. The van der Waals surface area contributed by atoms with E-state index in [-0.39, 0.29) is 17.9 Å². The van der Waals surface area contributed by atoms with E-state index in [0.29, 0.717) is 49.7 Å². The summed E-state index contributed by atoms with van der Waals surface area (Å²) in [6.45, 7) is 3.24. The summed E-state index contributed by atoms with van der Waals surface area (Å²) < 4.78 is 10.5. The van der Waals surface area contributed by atoms with Gasteiger partial charge in [-0.15, -0.1) is 0 Å². The number of phenolic OH excluding ortho intramolecular Hbond substituents is 1. The number of nitrogens with one attached hydrogen (secondary N) is 1. The molecule has 0 bridgehead atoms. The third-order valence-electron chi connectivity index (χ3n) is 6.11. The van der Waals surface area contributed by atoms with Crippen LogP contribution in [0.1, 0.15) is 43.4 Å². The lowest BCUT2D eigenvalue weighted by atomic mass is 9.87. The number of halogens is 1. The van der Waals surface area contributed by atoms with Gasteiger partial charge in [0.2, 0.25) is 0 Å². The van der Waals surface area contributed by atoms with Gasteiger partial charge in [-0.3, -0.25) is 10.3 Å². The Morgan fingerprint density at radius 1 is 1.25 bits per heavy atom. The molecule has 1 atom stereocenters. The number of phenols is 1. The molecule has 0 aromatic heterocycles. The second kappa shape index (κ2) is 9.38. The molecule has 0 aliphatic carbocycles. The quantitative estimate of drug-likeness (QED) is 0.704. The number of para-hydroxylation sites is 1. The van der Waals surface area contributed by atoms with E-state index in [1.54, 1.807) is 25.0 Å². The first-order valence-electron chi connectivity index (χ1n) is 10.8. The van der Waals surface area contributed by atoms with Crippen LogP contribution >= 0.6 is 11.6 Å². The lowest BCUT2D eigenvalue weighted by Gasteiger charge is -2.45. The van der Waals surface area contributed by atoms with Crippen molar-refractivity contribution >= 4 is 23.4 Å². The van der Waals surface area contributed by atoms with Crippen molar-refractivity contribution in [3.05, 3.63) is 58.6 Å². The van der Waals surface area contributed by atoms with Crippen molar-refractivity contribution < 1.29 is 19.4 Å². The number of ether oxygens (including phenoxy) is 2. The molecule has 170 valence electrons. The molecule has 2 aromatic rings. The topological polar surface area (TPSA) is 83.4 Å². The SMILES string of the molecule is CCOC(=O)N1CCC2(CC1)N=C(c1ccc(Cl)cc1)CC(c1cccc(OC)c1O)N2. The van der Waals surface area contributed by atoms with E-state index >= 15 is 0 Å². The number of hydrogen-bond donors (Lipinski definition) is 2. The van der Waals surface area contributed by atoms with Gasteiger partial charge in [0.1, 0.15) is 5.66 Å². The number of piperidine rings is 1. The van der Waals surface area contributed by atoms with Gasteiger partial charge in [0.05, 0.1) is 13.7 Å². The number of aliphatic imine (C=N–C) groups is 1. The van der Waals surface area contributed by atoms with Gasteiger partial charge >= 0.3 is 6.09 Å². The van der Waals surface area contributed by atoms with Gasteiger partial charge in [0.15, 0.2) is 11.5 Å². The fourth-order valence-electron chi connectivity index (χ4n) is 4.43. The van der Waals surface area contributed by atoms with E-state index in [1.807, 2.05) is 36.4 Å². The Kier molecular flexibility index (Phi) is 6.58. The van der Waals surface area contributed by atoms with E-state index in [2.05, 4.69) is 5.32 Å². The van der Waals surface area contributed by atoms with E-state index in [9.17, 15) is 9.90 Å². The van der Waals surface area contributed by atoms with Crippen LogP contribution in [0.2, 0.25) is 5.02 Å². The maximum Gasteiger partial charge on any atom is 0.409 e. The van der Waals surface area contributed by atoms with Crippen molar-refractivity contribution in [2.45, 2.75) is 37.9 Å². The molecule has 4 rings (SSSR count). The number of methoxy groups -OCH3 is 1. The van der Waals surface area contributed by atoms with Crippen LogP contribution in [0.5, 0.6) is 11.5 Å². The van der Waals surface area contributed by atoms with Gasteiger partial charge < -0.3 is 19.5 Å². The van der Waals surface area contributed by atoms with Crippen molar-refractivity contribution in [1.29, 1.82) is 0 Å². The first-order chi connectivity index (χ1) is 15.4. The molecule has 2 aliphatic heterocycles. The number of hydrogen-bond acceptors (Lipinski definition) is 6. The Labute approximate surface area is 193 Å². The van der Waals surface area contributed by atoms with Crippen LogP contribution in [0.4, 0.5) is 4.79 Å². The number of nitrogens with zero attached hydrogens (tertiary/aromatic N) is 2. The van der Waals surface area contributed by atoms with Crippen LogP contribution < -0.4 is 10.1 Å². The molecule has 1 amide bonds. The standard InChI is InChI=1S/C24H28ClN3O4/c1-3-32-23(30)28-13-11-24(12-14-28)26-19(16-7-9-17(25)10-8-16)15-20(27-24)18-5-4-6-21(31-2)22(18)29/h4-10,20,27,29H,3,11-15H2,1-2H3. The molecule has 2 N–H and O–H groups in total. The zero-order chi connectivity index (χ0) is 22.7. The van der Waals surface area contributed by atoms with Gasteiger partial charge in [0.25, 0.3) is 0 Å². The summed E-state index contributed by atoms with van der Waals surface area (Å²) in [7, 11) is 1.54. The van der Waals surface area contributed by atoms with Crippen LogP contribution in [0.3, 0.4) is 0 Å². The van der Waals surface area contributed by atoms with Gasteiger partial charge in [-0.2, -0.15) is 0 Å². The van der Waals surface area contributed by atoms with Crippen LogP contribution in [-0.2, 0) is 4.74 Å². The second-order valence-corrected chi connectivity index (χ2v) is 8.52. The maximum absolute atomic E-state index is 12.2. The predicted octanol–water partition coefficient (Wildman–Crippen LogP) is 4.53. The molecule has 0 saturated carbocycles. The number of likely N-dealkylation sites (tertiary alicyclic amines) is 1. The summed E-state index contributed by atoms with van der Waals surface area (Å²) in [6, 6.07) is 13.0. The Balaban J connectivity index is 1.67. The molecule has 2 aromatic carbocycles. The van der Waals surface area contributed by atoms with E-state index in [4.69, 9.17) is 26.1 Å². The Morgan fingerprint density at radius 2 is 1.97 bits per heavy atom. The van der Waals surface area contributed by atoms with Gasteiger partial charge in [-0.05, 0) is 30.7 Å². The maximum atomic E-state index is 12.2. The summed E-state index contributed by atoms with van der Waals surface area (Å²) in [5.74, 6) is 0.565. The van der Waals surface area contributed by atoms with E-state index in [0.717, 1.165) is 16.8 Å². The van der Waals surface area contributed by atoms with Gasteiger partial charge in [-0.25, -0.2) is 4.79 Å². The third-order valence-corrected chi connectivity index (χ3v) is 6.36. The Hall–Kier alpha value is -2.77. The molecule has 1 spiro atoms. The summed E-state index contributed by atoms with van der Waals surface area (Å²) >= 11 is 6.09. The molecule has 32 heavy (non-hydrogen) atoms. The van der Waals surface area contributed by atoms with Crippen molar-refractivity contribution in [1.82, 2.24) is 10.2 Å². The molecule has 7 nitrogen and oxygen atoms in total. The lowest BCUT2D eigenvalue weighted by molar-refractivity contribution is 0.0778. The zero-order valence-corrected chi connectivity index (χ0v) is 19.1. The van der Waals surface area contributed by atoms with Crippen LogP contribution in [0.25, 0.3) is 0 Å². The number of benzene rings is 2. The number of carbonyl (C=O) groups is 1. The fraction of sp³-hybridized carbons (Fsp3) is 0.417. The lowest BCUT2D eigenvalue weighted by Crippen LogP contribution is -2.56. The average molecular weight is 458 g/mol. The van der Waals surface area contributed by atoms with Crippen LogP contribution in [0.15, 0.2) is 47.5 Å². The zero-order valence-electron chi connectivity index (χ0n) is 18.3. The minimum absolute atomic E-state index is 0.129. The van der Waals surface area contributed by atoms with Crippen molar-refractivity contribution in [3.8, 4) is 11.5 Å². The van der Waals surface area contributed by atoms with E-state index in [1.165, 1.54) is 0 Å². The number of rotatable bonds is 4. The van der Waals surface area contributed by atoms with E-state index < -0.39 is 5.66 Å². The average Bonchev–Trinajstić information content (AvgIpc) is 2.80. The Bertz CT molecular complexity index is 1000. The molecule has 1 fully saturated rings. The molecule has 1 saturated heterocycles. The summed E-state index contributed by atoms with van der Waals surface area (Å²) in [5.41, 5.74) is 2.15. The minimum atomic E-state index is -0.545. The number of carbonyl (C=O) groups excluding carboxylic acids is 1. The monoisotopic (exact) mass is 457 g/mol. The molecule has 2 heterocycles. The number of amides is 1. The van der Waals surface area contributed by atoms with Gasteiger partial charge in [-0.1, -0.05) is 35.9 Å². The van der Waals surface area contributed by atoms with Crippen LogP contribution in [-0.4, -0.2) is 54.3 Å². The highest BCUT2D eigenvalue weighted by Crippen LogP contribution is 2.40. The highest BCUT2D eigenvalue weighted by atomic mass is 35.5. The van der Waals surface area contributed by atoms with Crippen molar-refractivity contribution in [3.63, 3.8) is 0 Å². The third kappa shape index (κ3) is 4.54. The minimum Gasteiger partial charge on any atom is -0.504 e. The smallest absolute Gasteiger partial charge is 0.409 e. The van der Waals surface area contributed by atoms with Crippen molar-refractivity contribution in [2.75, 3.05) is 26.8 Å². The molecule has 0 radical (unpaired) electrons. The molecular weight excluding hydrogens is 430 g/mol. The highest BCUT2D eigenvalue weighted by molar-refractivity contribution is 6.30. The summed E-state index contributed by atoms with van der Waals surface area (Å²) in [6.07, 6.45) is 1.60. The summed E-state index contributed by atoms with van der Waals surface area (Å²) in [4.78, 5) is 19.0. The summed E-state index contributed by atoms with van der Waals surface area (Å²) in [5, 5.41) is 15.1. The fourth-order valence-corrected chi connectivity index (χ4v) is 4.56. The second-order valence-electron chi connectivity index (χ2n) is 8.08. The largest absolute Gasteiger partial charge is 0.504 e. The number of aromatic hydroxyl groups is 1. The molecule has 8 heteroatoms. The first kappa shape index (κ1) is 22.4. The van der Waals surface area contributed by atoms with Crippen LogP contribution in [0, 0.1) is 0 Å². The predicted molar refractivity (Wildman–Crippen MR) is 124 cm³/mol. The van der Waals surface area contributed by atoms with Crippen molar-refractivity contribution in [2.24, 2.45) is 4.99 Å². The molecule has 1 unspecified atom stereocenters. The molecular formula is C24H28ClN3O4. The normalized spacial score (nSPS) is 20.0. The Morgan fingerprint density at radius 3 is 2.62 bits per heavy atom. The molecule has 2 aliphatic rings. The van der Waals surface area contributed by atoms with Gasteiger partial charge in [0, 0.05) is 54.7 Å².